The van der Waals surface area contributed by atoms with Crippen LogP contribution < -0.4 is 0 Å². The van der Waals surface area contributed by atoms with Crippen molar-refractivity contribution in [2.24, 2.45) is 5.41 Å². The maximum atomic E-state index is 11.0. The van der Waals surface area contributed by atoms with E-state index in [0.717, 1.165) is 25.5 Å². The molecule has 0 aliphatic rings. The topological polar surface area (TPSA) is 17.1 Å². The number of carbonyl (C=O) groups is 1. The molecular weight excluding hydrogens is 184 g/mol. The van der Waals surface area contributed by atoms with Crippen molar-refractivity contribution in [3.63, 3.8) is 0 Å². The first-order valence-electron chi connectivity index (χ1n) is 5.62. The summed E-state index contributed by atoms with van der Waals surface area (Å²) >= 11 is 0. The standard InChI is InChI=1S/C14H22O/c1-4-6-8-9-10-12-14(3,13-15)11-7-5-2/h4,6,8-10,12-13H,5,7,11H2,1-3H3/b6-4-,9-8-,12-10+. The second-order valence-corrected chi connectivity index (χ2v) is 4.00. The predicted molar refractivity (Wildman–Crippen MR) is 66.8 cm³/mol. The van der Waals surface area contributed by atoms with Crippen LogP contribution in [-0.4, -0.2) is 6.29 Å². The van der Waals surface area contributed by atoms with Crippen LogP contribution in [0.2, 0.25) is 0 Å². The van der Waals surface area contributed by atoms with E-state index in [-0.39, 0.29) is 5.41 Å². The van der Waals surface area contributed by atoms with Gasteiger partial charge in [0.2, 0.25) is 0 Å². The number of hydrogen-bond donors (Lipinski definition) is 0. The maximum absolute atomic E-state index is 11.0. The van der Waals surface area contributed by atoms with E-state index in [1.807, 2.05) is 50.3 Å². The Hall–Kier alpha value is -1.11. The summed E-state index contributed by atoms with van der Waals surface area (Å²) in [5, 5.41) is 0. The molecule has 1 nitrogen and oxygen atoms in total. The monoisotopic (exact) mass is 206 g/mol. The van der Waals surface area contributed by atoms with Crippen LogP contribution >= 0.6 is 0 Å². The van der Waals surface area contributed by atoms with Crippen LogP contribution in [0.25, 0.3) is 0 Å². The van der Waals surface area contributed by atoms with Crippen molar-refractivity contribution in [1.29, 1.82) is 0 Å². The minimum absolute atomic E-state index is 0.295. The molecule has 0 aliphatic carbocycles. The Kier molecular flexibility index (Phi) is 7.61. The fourth-order valence-electron chi connectivity index (χ4n) is 1.25. The fourth-order valence-corrected chi connectivity index (χ4v) is 1.25. The molecule has 1 atom stereocenters. The Labute approximate surface area is 93.6 Å². The predicted octanol–water partition coefficient (Wildman–Crippen LogP) is 4.07. The summed E-state index contributed by atoms with van der Waals surface area (Å²) in [4.78, 5) is 11.0. The second-order valence-electron chi connectivity index (χ2n) is 4.00. The van der Waals surface area contributed by atoms with E-state index in [1.165, 1.54) is 0 Å². The number of aldehydes is 1. The van der Waals surface area contributed by atoms with Crippen molar-refractivity contribution in [3.8, 4) is 0 Å². The third-order valence-corrected chi connectivity index (χ3v) is 2.34. The molecule has 0 spiro atoms. The molecule has 1 heteroatoms. The van der Waals surface area contributed by atoms with Gasteiger partial charge in [0.15, 0.2) is 0 Å². The molecule has 0 fully saturated rings. The van der Waals surface area contributed by atoms with Crippen LogP contribution in [0.15, 0.2) is 36.5 Å². The molecule has 0 aromatic heterocycles. The number of carbonyl (C=O) groups excluding carboxylic acids is 1. The fraction of sp³-hybridized carbons (Fsp3) is 0.500. The van der Waals surface area contributed by atoms with Crippen LogP contribution in [0.5, 0.6) is 0 Å². The van der Waals surface area contributed by atoms with Gasteiger partial charge >= 0.3 is 0 Å². The zero-order chi connectivity index (χ0) is 11.6. The SMILES string of the molecule is C\C=C/C=C\C=C\C(C)(C=O)CCCC. The number of rotatable bonds is 7. The van der Waals surface area contributed by atoms with Crippen LogP contribution in [0.1, 0.15) is 40.0 Å². The van der Waals surface area contributed by atoms with Gasteiger partial charge < -0.3 is 4.79 Å². The molecule has 84 valence electrons. The minimum atomic E-state index is -0.295. The maximum Gasteiger partial charge on any atom is 0.129 e. The third kappa shape index (κ3) is 6.89. The highest BCUT2D eigenvalue weighted by Gasteiger charge is 2.18. The van der Waals surface area contributed by atoms with Gasteiger partial charge in [-0.2, -0.15) is 0 Å². The van der Waals surface area contributed by atoms with Crippen LogP contribution in [0, 0.1) is 5.41 Å². The first kappa shape index (κ1) is 13.9. The summed E-state index contributed by atoms with van der Waals surface area (Å²) in [6, 6.07) is 0. The lowest BCUT2D eigenvalue weighted by Crippen LogP contribution is -2.14. The molecule has 0 radical (unpaired) electrons. The highest BCUT2D eigenvalue weighted by molar-refractivity contribution is 5.62. The Morgan fingerprint density at radius 1 is 1.13 bits per heavy atom. The Morgan fingerprint density at radius 2 is 1.80 bits per heavy atom. The summed E-state index contributed by atoms with van der Waals surface area (Å²) in [5.74, 6) is 0. The molecule has 0 aliphatic heterocycles. The van der Waals surface area contributed by atoms with E-state index < -0.39 is 0 Å². The summed E-state index contributed by atoms with van der Waals surface area (Å²) in [7, 11) is 0. The van der Waals surface area contributed by atoms with Crippen molar-refractivity contribution in [2.45, 2.75) is 40.0 Å². The van der Waals surface area contributed by atoms with Gasteiger partial charge in [0.1, 0.15) is 6.29 Å². The van der Waals surface area contributed by atoms with Gasteiger partial charge in [0, 0.05) is 5.41 Å². The van der Waals surface area contributed by atoms with Crippen molar-refractivity contribution in [2.75, 3.05) is 0 Å². The molecule has 0 aromatic carbocycles. The molecule has 0 amide bonds. The molecule has 0 N–H and O–H groups in total. The number of allylic oxidation sites excluding steroid dienone is 6. The lowest BCUT2D eigenvalue weighted by atomic mass is 9.86. The zero-order valence-electron chi connectivity index (χ0n) is 10.1. The van der Waals surface area contributed by atoms with Gasteiger partial charge in [-0.25, -0.2) is 0 Å². The molecule has 1 unspecified atom stereocenters. The molecule has 0 saturated carbocycles. The Bertz CT molecular complexity index is 248. The normalized spacial score (nSPS) is 16.5. The Morgan fingerprint density at radius 3 is 2.33 bits per heavy atom. The summed E-state index contributed by atoms with van der Waals surface area (Å²) in [5.41, 5.74) is -0.295. The molecular formula is C14H22O. The van der Waals surface area contributed by atoms with Crippen LogP contribution in [0.3, 0.4) is 0 Å². The van der Waals surface area contributed by atoms with Crippen molar-refractivity contribution in [1.82, 2.24) is 0 Å². The quantitative estimate of drug-likeness (QED) is 0.453. The van der Waals surface area contributed by atoms with E-state index in [0.29, 0.717) is 0 Å². The van der Waals surface area contributed by atoms with Gasteiger partial charge in [-0.15, -0.1) is 0 Å². The molecule has 15 heavy (non-hydrogen) atoms. The van der Waals surface area contributed by atoms with E-state index in [9.17, 15) is 4.79 Å². The largest absolute Gasteiger partial charge is 0.302 e. The zero-order valence-corrected chi connectivity index (χ0v) is 10.1. The first-order chi connectivity index (χ1) is 7.18. The van der Waals surface area contributed by atoms with Gasteiger partial charge in [-0.3, -0.25) is 0 Å². The van der Waals surface area contributed by atoms with Crippen LogP contribution in [0.4, 0.5) is 0 Å². The highest BCUT2D eigenvalue weighted by Crippen LogP contribution is 2.23. The third-order valence-electron chi connectivity index (χ3n) is 2.34. The molecule has 0 heterocycles. The molecule has 0 aromatic rings. The van der Waals surface area contributed by atoms with Gasteiger partial charge in [0.05, 0.1) is 0 Å². The molecule has 0 rings (SSSR count). The average Bonchev–Trinajstić information content (AvgIpc) is 2.26. The van der Waals surface area contributed by atoms with Crippen LogP contribution in [-0.2, 0) is 4.79 Å². The lowest BCUT2D eigenvalue weighted by Gasteiger charge is -2.17. The average molecular weight is 206 g/mol. The number of unbranched alkanes of at least 4 members (excludes halogenated alkanes) is 1. The van der Waals surface area contributed by atoms with Gasteiger partial charge in [-0.1, -0.05) is 56.2 Å². The smallest absolute Gasteiger partial charge is 0.129 e. The van der Waals surface area contributed by atoms with E-state index >= 15 is 0 Å². The van der Waals surface area contributed by atoms with Crippen molar-refractivity contribution >= 4 is 6.29 Å². The van der Waals surface area contributed by atoms with Crippen molar-refractivity contribution < 1.29 is 4.79 Å². The second kappa shape index (κ2) is 8.22. The summed E-state index contributed by atoms with van der Waals surface area (Å²) in [6.45, 7) is 6.10. The molecule has 0 saturated heterocycles. The summed E-state index contributed by atoms with van der Waals surface area (Å²) < 4.78 is 0. The van der Waals surface area contributed by atoms with E-state index in [1.54, 1.807) is 0 Å². The van der Waals surface area contributed by atoms with E-state index in [4.69, 9.17) is 0 Å². The first-order valence-corrected chi connectivity index (χ1v) is 5.62. The molecule has 0 bridgehead atoms. The van der Waals surface area contributed by atoms with Gasteiger partial charge in [-0.05, 0) is 20.3 Å². The van der Waals surface area contributed by atoms with E-state index in [2.05, 4.69) is 6.92 Å². The van der Waals surface area contributed by atoms with Crippen molar-refractivity contribution in [3.05, 3.63) is 36.5 Å². The minimum Gasteiger partial charge on any atom is -0.302 e. The summed E-state index contributed by atoms with van der Waals surface area (Å²) in [6.07, 6.45) is 16.0. The lowest BCUT2D eigenvalue weighted by molar-refractivity contribution is -0.113. The van der Waals surface area contributed by atoms with Gasteiger partial charge in [0.25, 0.3) is 0 Å². The Balaban J connectivity index is 4.22. The highest BCUT2D eigenvalue weighted by atomic mass is 16.1. The number of hydrogen-bond acceptors (Lipinski definition) is 1.